The Morgan fingerprint density at radius 1 is 1.22 bits per heavy atom. The number of epoxide rings is 1. The third kappa shape index (κ3) is 7.19. The lowest BCUT2D eigenvalue weighted by atomic mass is 9.95. The normalized spacial score (nSPS) is 22.1. The van der Waals surface area contributed by atoms with Gasteiger partial charge in [0.2, 0.25) is 0 Å². The third-order valence-electron chi connectivity index (χ3n) is 4.25. The molecule has 0 saturated carbocycles. The molecule has 1 rings (SSSR count). The van der Waals surface area contributed by atoms with Crippen LogP contribution in [0.25, 0.3) is 0 Å². The zero-order chi connectivity index (χ0) is 17.7. The monoisotopic (exact) mass is 360 g/mol. The number of ether oxygens (including phenoxy) is 3. The van der Waals surface area contributed by atoms with Gasteiger partial charge in [0.25, 0.3) is 0 Å². The van der Waals surface area contributed by atoms with Crippen molar-refractivity contribution in [2.45, 2.75) is 70.4 Å². The predicted octanol–water partition coefficient (Wildman–Crippen LogP) is 3.66. The van der Waals surface area contributed by atoms with Crippen LogP contribution in [0.5, 0.6) is 0 Å². The summed E-state index contributed by atoms with van der Waals surface area (Å²) in [6.45, 7) is 18.1. The molecule has 136 valence electrons. The molecular weight excluding hydrogens is 324 g/mol. The van der Waals surface area contributed by atoms with Gasteiger partial charge in [0, 0.05) is 14.7 Å². The summed E-state index contributed by atoms with van der Waals surface area (Å²) in [5, 5.41) is 12.2. The molecule has 1 unspecified atom stereocenters. The molecule has 6 heteroatoms. The van der Waals surface area contributed by atoms with E-state index < -0.39 is 21.7 Å². The van der Waals surface area contributed by atoms with Crippen molar-refractivity contribution in [2.24, 2.45) is 0 Å². The fourth-order valence-electron chi connectivity index (χ4n) is 2.73. The lowest BCUT2D eigenvalue weighted by Crippen LogP contribution is -2.46. The number of hydrogen-bond donors (Lipinski definition) is 1. The van der Waals surface area contributed by atoms with E-state index in [-0.39, 0.29) is 6.10 Å². The zero-order valence-corrected chi connectivity index (χ0v) is 18.1. The van der Waals surface area contributed by atoms with Crippen LogP contribution in [0.1, 0.15) is 13.3 Å². The fourth-order valence-corrected chi connectivity index (χ4v) is 5.82. The van der Waals surface area contributed by atoms with Crippen molar-refractivity contribution < 1.29 is 19.3 Å². The molecule has 1 fully saturated rings. The van der Waals surface area contributed by atoms with E-state index in [4.69, 9.17) is 14.2 Å². The van der Waals surface area contributed by atoms with Gasteiger partial charge in [-0.1, -0.05) is 52.3 Å². The quantitative estimate of drug-likeness (QED) is 0.264. The van der Waals surface area contributed by atoms with E-state index in [1.54, 1.807) is 0 Å². The standard InChI is InChI=1S/C17H36O4Si2/c1-8-17(18,15-13-21-15)16(23(5,6)7)9-10-19-14-20-11-12-22(2,3)4/h9,15,18H,8,10-14H2,1-7H3/b16-9-/t15-,17?/m0/s1. The van der Waals surface area contributed by atoms with Crippen LogP contribution in [0.3, 0.4) is 0 Å². The van der Waals surface area contributed by atoms with Crippen molar-refractivity contribution in [2.75, 3.05) is 26.6 Å². The lowest BCUT2D eigenvalue weighted by molar-refractivity contribution is -0.0398. The van der Waals surface area contributed by atoms with Crippen molar-refractivity contribution in [3.63, 3.8) is 0 Å². The molecule has 1 saturated heterocycles. The number of aliphatic hydroxyl groups is 1. The summed E-state index contributed by atoms with van der Waals surface area (Å²) in [6, 6.07) is 1.15. The molecule has 0 spiro atoms. The first kappa shape index (κ1) is 21.1. The highest BCUT2D eigenvalue weighted by Crippen LogP contribution is 2.38. The van der Waals surface area contributed by atoms with Crippen LogP contribution in [-0.4, -0.2) is 59.6 Å². The van der Waals surface area contributed by atoms with Crippen LogP contribution >= 0.6 is 0 Å². The van der Waals surface area contributed by atoms with E-state index in [2.05, 4.69) is 45.4 Å². The Labute approximate surface area is 144 Å². The van der Waals surface area contributed by atoms with Crippen LogP contribution in [0, 0.1) is 0 Å². The number of hydrogen-bond acceptors (Lipinski definition) is 4. The predicted molar refractivity (Wildman–Crippen MR) is 101 cm³/mol. The van der Waals surface area contributed by atoms with Crippen molar-refractivity contribution >= 4 is 16.1 Å². The minimum absolute atomic E-state index is 0.0431. The van der Waals surface area contributed by atoms with Crippen LogP contribution in [-0.2, 0) is 14.2 Å². The van der Waals surface area contributed by atoms with Crippen LogP contribution < -0.4 is 0 Å². The maximum atomic E-state index is 11.0. The average Bonchev–Trinajstić information content (AvgIpc) is 3.23. The van der Waals surface area contributed by atoms with Gasteiger partial charge in [-0.05, 0) is 17.7 Å². The van der Waals surface area contributed by atoms with Gasteiger partial charge in [-0.25, -0.2) is 0 Å². The smallest absolute Gasteiger partial charge is 0.147 e. The minimum Gasteiger partial charge on any atom is -0.383 e. The molecule has 0 bridgehead atoms. The molecule has 0 aromatic heterocycles. The third-order valence-corrected chi connectivity index (χ3v) is 8.20. The summed E-state index contributed by atoms with van der Waals surface area (Å²) in [5.41, 5.74) is -0.827. The van der Waals surface area contributed by atoms with Gasteiger partial charge in [0.1, 0.15) is 18.5 Å². The van der Waals surface area contributed by atoms with Crippen LogP contribution in [0.2, 0.25) is 45.3 Å². The highest BCUT2D eigenvalue weighted by molar-refractivity contribution is 6.83. The molecule has 1 N–H and O–H groups in total. The first-order valence-electron chi connectivity index (χ1n) is 8.71. The second-order valence-corrected chi connectivity index (χ2v) is 19.3. The summed E-state index contributed by atoms with van der Waals surface area (Å²) >= 11 is 0. The average molecular weight is 361 g/mol. The Hall–Kier alpha value is 0.0138. The van der Waals surface area contributed by atoms with Gasteiger partial charge in [-0.15, -0.1) is 0 Å². The van der Waals surface area contributed by atoms with Crippen molar-refractivity contribution in [3.05, 3.63) is 11.3 Å². The Bertz CT molecular complexity index is 394. The van der Waals surface area contributed by atoms with Crippen LogP contribution in [0.4, 0.5) is 0 Å². The Morgan fingerprint density at radius 3 is 2.26 bits per heavy atom. The SMILES string of the molecule is CCC(O)(/C(=C/COCOCC[Si](C)(C)C)[Si](C)(C)C)[C@@H]1CO1. The Morgan fingerprint density at radius 2 is 1.83 bits per heavy atom. The van der Waals surface area contributed by atoms with Crippen molar-refractivity contribution in [1.29, 1.82) is 0 Å². The molecule has 4 nitrogen and oxygen atoms in total. The summed E-state index contributed by atoms with van der Waals surface area (Å²) in [4.78, 5) is 0. The Kier molecular flexibility index (Phi) is 7.69. The molecule has 0 aliphatic carbocycles. The largest absolute Gasteiger partial charge is 0.383 e. The topological polar surface area (TPSA) is 51.2 Å². The first-order chi connectivity index (χ1) is 10.5. The van der Waals surface area contributed by atoms with Gasteiger partial charge in [0.05, 0.1) is 21.3 Å². The highest BCUT2D eigenvalue weighted by atomic mass is 28.3. The Balaban J connectivity index is 2.49. The summed E-state index contributed by atoms with van der Waals surface area (Å²) in [6.07, 6.45) is 2.71. The summed E-state index contributed by atoms with van der Waals surface area (Å²) < 4.78 is 16.6. The molecule has 2 atom stereocenters. The fraction of sp³-hybridized carbons (Fsp3) is 0.882. The van der Waals surface area contributed by atoms with E-state index in [0.29, 0.717) is 26.4 Å². The molecule has 0 radical (unpaired) electrons. The molecule has 1 aliphatic heterocycles. The molecule has 0 aromatic carbocycles. The van der Waals surface area contributed by atoms with Gasteiger partial charge in [-0.2, -0.15) is 0 Å². The van der Waals surface area contributed by atoms with Crippen molar-refractivity contribution in [3.8, 4) is 0 Å². The molecule has 0 aromatic rings. The second-order valence-electron chi connectivity index (χ2n) is 8.68. The highest BCUT2D eigenvalue weighted by Gasteiger charge is 2.49. The van der Waals surface area contributed by atoms with Gasteiger partial charge in [-0.3, -0.25) is 0 Å². The van der Waals surface area contributed by atoms with E-state index >= 15 is 0 Å². The van der Waals surface area contributed by atoms with Gasteiger partial charge >= 0.3 is 0 Å². The zero-order valence-electron chi connectivity index (χ0n) is 16.1. The van der Waals surface area contributed by atoms with E-state index in [1.165, 1.54) is 0 Å². The maximum Gasteiger partial charge on any atom is 0.147 e. The minimum atomic E-state index is -1.65. The van der Waals surface area contributed by atoms with E-state index in [0.717, 1.165) is 17.8 Å². The molecule has 1 heterocycles. The molecular formula is C17H36O4Si2. The summed E-state index contributed by atoms with van der Waals surface area (Å²) in [7, 11) is -2.69. The molecule has 1 aliphatic rings. The van der Waals surface area contributed by atoms with Crippen LogP contribution in [0.15, 0.2) is 11.3 Å². The second kappa shape index (κ2) is 8.40. The summed E-state index contributed by atoms with van der Waals surface area (Å²) in [5.74, 6) is 0. The number of rotatable bonds is 11. The first-order valence-corrected chi connectivity index (χ1v) is 15.9. The van der Waals surface area contributed by atoms with Gasteiger partial charge < -0.3 is 19.3 Å². The van der Waals surface area contributed by atoms with Crippen molar-refractivity contribution in [1.82, 2.24) is 0 Å². The van der Waals surface area contributed by atoms with Gasteiger partial charge in [0.15, 0.2) is 0 Å². The molecule has 0 amide bonds. The molecule has 23 heavy (non-hydrogen) atoms. The maximum absolute atomic E-state index is 11.0. The van der Waals surface area contributed by atoms with E-state index in [1.807, 2.05) is 6.92 Å². The van der Waals surface area contributed by atoms with E-state index in [9.17, 15) is 5.11 Å². The lowest BCUT2D eigenvalue weighted by Gasteiger charge is -2.35.